The molecule has 1 saturated heterocycles. The SMILES string of the molecule is COC(=O)c1ccc(-c2ccc(OCC3CCN(CC4(C(F)(F)F)CCC4)CC3)nc2)cc1F. The number of hydrogen-bond acceptors (Lipinski definition) is 5. The van der Waals surface area contributed by atoms with Crippen LogP contribution in [-0.2, 0) is 4.74 Å². The molecule has 5 nitrogen and oxygen atoms in total. The highest BCUT2D eigenvalue weighted by atomic mass is 19.4. The van der Waals surface area contributed by atoms with Gasteiger partial charge >= 0.3 is 12.1 Å². The number of carbonyl (C=O) groups excluding carboxylic acids is 1. The third-order valence-corrected chi connectivity index (χ3v) is 7.06. The van der Waals surface area contributed by atoms with Gasteiger partial charge in [-0.25, -0.2) is 14.2 Å². The van der Waals surface area contributed by atoms with Crippen molar-refractivity contribution < 1.29 is 31.8 Å². The van der Waals surface area contributed by atoms with E-state index in [9.17, 15) is 22.4 Å². The Hall–Kier alpha value is -2.68. The lowest BCUT2D eigenvalue weighted by atomic mass is 9.67. The monoisotopic (exact) mass is 480 g/mol. The van der Waals surface area contributed by atoms with Crippen molar-refractivity contribution in [2.45, 2.75) is 38.3 Å². The van der Waals surface area contributed by atoms with Crippen molar-refractivity contribution >= 4 is 5.97 Å². The van der Waals surface area contributed by atoms with E-state index in [1.807, 2.05) is 4.90 Å². The third-order valence-electron chi connectivity index (χ3n) is 7.06. The van der Waals surface area contributed by atoms with E-state index >= 15 is 0 Å². The second-order valence-corrected chi connectivity index (χ2v) is 9.23. The maximum Gasteiger partial charge on any atom is 0.395 e. The van der Waals surface area contributed by atoms with E-state index in [0.717, 1.165) is 12.8 Å². The summed E-state index contributed by atoms with van der Waals surface area (Å²) in [6.07, 6.45) is 0.156. The number of alkyl halides is 3. The number of likely N-dealkylation sites (tertiary alicyclic amines) is 1. The highest BCUT2D eigenvalue weighted by Gasteiger charge is 2.58. The summed E-state index contributed by atoms with van der Waals surface area (Å²) in [4.78, 5) is 17.8. The fraction of sp³-hybridized carbons (Fsp3) is 0.520. The van der Waals surface area contributed by atoms with Crippen molar-refractivity contribution in [1.29, 1.82) is 0 Å². The summed E-state index contributed by atoms with van der Waals surface area (Å²) >= 11 is 0. The van der Waals surface area contributed by atoms with Crippen LogP contribution in [0.2, 0.25) is 0 Å². The minimum atomic E-state index is -4.13. The van der Waals surface area contributed by atoms with Crippen molar-refractivity contribution in [3.05, 3.63) is 47.9 Å². The molecule has 0 unspecified atom stereocenters. The average Bonchev–Trinajstić information content (AvgIpc) is 2.79. The van der Waals surface area contributed by atoms with Crippen molar-refractivity contribution in [1.82, 2.24) is 9.88 Å². The first-order chi connectivity index (χ1) is 16.2. The Bertz CT molecular complexity index is 998. The predicted molar refractivity (Wildman–Crippen MR) is 118 cm³/mol. The molecular weight excluding hydrogens is 452 g/mol. The molecular formula is C25H28F4N2O3. The molecule has 2 aromatic rings. The predicted octanol–water partition coefficient (Wildman–Crippen LogP) is 5.50. The van der Waals surface area contributed by atoms with Crippen LogP contribution in [0.25, 0.3) is 11.1 Å². The van der Waals surface area contributed by atoms with Crippen molar-refractivity contribution in [3.63, 3.8) is 0 Å². The third kappa shape index (κ3) is 5.19. The van der Waals surface area contributed by atoms with Gasteiger partial charge < -0.3 is 14.4 Å². The number of halogens is 4. The molecule has 9 heteroatoms. The quantitative estimate of drug-likeness (QED) is 0.387. The summed E-state index contributed by atoms with van der Waals surface area (Å²) < 4.78 is 64.8. The van der Waals surface area contributed by atoms with E-state index in [1.165, 1.54) is 19.2 Å². The highest BCUT2D eigenvalue weighted by Crippen LogP contribution is 2.53. The lowest BCUT2D eigenvalue weighted by molar-refractivity contribution is -0.256. The topological polar surface area (TPSA) is 51.7 Å². The van der Waals surface area contributed by atoms with Gasteiger partial charge in [-0.05, 0) is 68.5 Å². The van der Waals surface area contributed by atoms with E-state index in [2.05, 4.69) is 9.72 Å². The number of hydrogen-bond donors (Lipinski definition) is 0. The number of aromatic nitrogens is 1. The molecule has 0 N–H and O–H groups in total. The van der Waals surface area contributed by atoms with Gasteiger partial charge in [0.25, 0.3) is 0 Å². The minimum Gasteiger partial charge on any atom is -0.477 e. The Balaban J connectivity index is 1.26. The van der Waals surface area contributed by atoms with Gasteiger partial charge in [0.15, 0.2) is 0 Å². The molecule has 0 radical (unpaired) electrons. The zero-order valence-corrected chi connectivity index (χ0v) is 19.0. The van der Waals surface area contributed by atoms with Gasteiger partial charge in [0.05, 0.1) is 24.7 Å². The molecule has 0 atom stereocenters. The molecule has 2 heterocycles. The van der Waals surface area contributed by atoms with Gasteiger partial charge in [0, 0.05) is 24.4 Å². The molecule has 4 rings (SSSR count). The number of pyridine rings is 1. The van der Waals surface area contributed by atoms with Crippen LogP contribution in [0.1, 0.15) is 42.5 Å². The molecule has 2 aliphatic rings. The van der Waals surface area contributed by atoms with Crippen LogP contribution in [0, 0.1) is 17.2 Å². The van der Waals surface area contributed by atoms with Crippen molar-refractivity contribution in [2.24, 2.45) is 11.3 Å². The summed E-state index contributed by atoms with van der Waals surface area (Å²) in [6.45, 7) is 1.85. The normalized spacial score (nSPS) is 18.9. The molecule has 184 valence electrons. The Morgan fingerprint density at radius 3 is 2.38 bits per heavy atom. The number of carbonyl (C=O) groups is 1. The van der Waals surface area contributed by atoms with E-state index in [0.29, 0.717) is 43.1 Å². The highest BCUT2D eigenvalue weighted by molar-refractivity contribution is 5.90. The molecule has 1 aliphatic heterocycles. The van der Waals surface area contributed by atoms with Gasteiger partial charge in [-0.15, -0.1) is 0 Å². The first-order valence-corrected chi connectivity index (χ1v) is 11.5. The number of nitrogens with zero attached hydrogens (tertiary/aromatic N) is 2. The van der Waals surface area contributed by atoms with Crippen LogP contribution in [0.5, 0.6) is 5.88 Å². The maximum absolute atomic E-state index is 14.2. The van der Waals surface area contributed by atoms with Crippen LogP contribution in [-0.4, -0.2) is 55.4 Å². The average molecular weight is 481 g/mol. The van der Waals surface area contributed by atoms with E-state index in [4.69, 9.17) is 4.74 Å². The molecule has 2 fully saturated rings. The molecule has 0 amide bonds. The Morgan fingerprint density at radius 2 is 1.85 bits per heavy atom. The number of methoxy groups -OCH3 is 1. The zero-order chi connectivity index (χ0) is 24.3. The van der Waals surface area contributed by atoms with Crippen LogP contribution >= 0.6 is 0 Å². The standard InChI is InChI=1S/C25H28F4N2O3/c1-33-23(32)20-5-3-18(13-21(20)26)19-4-6-22(30-14-19)34-15-17-7-11-31(12-8-17)16-24(9-2-10-24)25(27,28)29/h3-6,13-14,17H,2,7-12,15-16H2,1H3. The van der Waals surface area contributed by atoms with Crippen LogP contribution in [0.3, 0.4) is 0 Å². The second-order valence-electron chi connectivity index (χ2n) is 9.23. The van der Waals surface area contributed by atoms with E-state index < -0.39 is 23.4 Å². The summed E-state index contributed by atoms with van der Waals surface area (Å²) in [7, 11) is 1.19. The van der Waals surface area contributed by atoms with Crippen molar-refractivity contribution in [3.8, 4) is 17.0 Å². The Labute approximate surface area is 196 Å². The maximum atomic E-state index is 14.2. The van der Waals surface area contributed by atoms with Crippen LogP contribution in [0.4, 0.5) is 17.6 Å². The molecule has 0 spiro atoms. The number of benzene rings is 1. The lowest BCUT2D eigenvalue weighted by Crippen LogP contribution is -2.53. The molecule has 34 heavy (non-hydrogen) atoms. The van der Waals surface area contributed by atoms with Gasteiger partial charge in [-0.1, -0.05) is 12.5 Å². The summed E-state index contributed by atoms with van der Waals surface area (Å²) in [6, 6.07) is 7.69. The second kappa shape index (κ2) is 9.90. The smallest absolute Gasteiger partial charge is 0.395 e. The van der Waals surface area contributed by atoms with E-state index in [1.54, 1.807) is 24.4 Å². The molecule has 0 bridgehead atoms. The zero-order valence-electron chi connectivity index (χ0n) is 19.0. The van der Waals surface area contributed by atoms with Crippen LogP contribution in [0.15, 0.2) is 36.5 Å². The fourth-order valence-electron chi connectivity index (χ4n) is 4.68. The summed E-state index contributed by atoms with van der Waals surface area (Å²) in [5.41, 5.74) is -0.401. The molecule has 1 aromatic heterocycles. The van der Waals surface area contributed by atoms with Gasteiger partial charge in [0.2, 0.25) is 5.88 Å². The first-order valence-electron chi connectivity index (χ1n) is 11.5. The van der Waals surface area contributed by atoms with Gasteiger partial charge in [0.1, 0.15) is 5.82 Å². The number of piperidine rings is 1. The number of ether oxygens (including phenoxy) is 2. The molecule has 1 saturated carbocycles. The largest absolute Gasteiger partial charge is 0.477 e. The van der Waals surface area contributed by atoms with Gasteiger partial charge in [-0.3, -0.25) is 0 Å². The Kier molecular flexibility index (Phi) is 7.12. The van der Waals surface area contributed by atoms with E-state index in [-0.39, 0.29) is 30.9 Å². The number of rotatable bonds is 7. The van der Waals surface area contributed by atoms with Gasteiger partial charge in [-0.2, -0.15) is 13.2 Å². The lowest BCUT2D eigenvalue weighted by Gasteiger charge is -2.47. The van der Waals surface area contributed by atoms with Crippen molar-refractivity contribution in [2.75, 3.05) is 33.4 Å². The molecule has 1 aromatic carbocycles. The fourth-order valence-corrected chi connectivity index (χ4v) is 4.68. The minimum absolute atomic E-state index is 0.105. The Morgan fingerprint density at radius 1 is 1.15 bits per heavy atom. The summed E-state index contributed by atoms with van der Waals surface area (Å²) in [5, 5.41) is 0. The first kappa shape index (κ1) is 24.4. The molecule has 1 aliphatic carbocycles. The number of esters is 1. The van der Waals surface area contributed by atoms with Crippen LogP contribution < -0.4 is 4.74 Å². The summed E-state index contributed by atoms with van der Waals surface area (Å²) in [5.74, 6) is -0.710.